The maximum absolute atomic E-state index is 12.6. The number of hydrogen-bond donors (Lipinski definition) is 2. The SMILES string of the molecule is CCN(CC)S(=O)(=O)c1ccc(C(=O)NCCn2ncc3c(NC(C)C)nc(SC)nc32)cc1. The summed E-state index contributed by atoms with van der Waals surface area (Å²) in [5, 5.41) is 12.1. The molecule has 2 heterocycles. The van der Waals surface area contributed by atoms with Crippen LogP contribution in [-0.4, -0.2) is 70.3 Å². The Kier molecular flexibility index (Phi) is 8.50. The number of nitrogens with zero attached hydrogens (tertiary/aromatic N) is 5. The Morgan fingerprint density at radius 3 is 2.41 bits per heavy atom. The van der Waals surface area contributed by atoms with Gasteiger partial charge in [-0.15, -0.1) is 0 Å². The largest absolute Gasteiger partial charge is 0.367 e. The fourth-order valence-corrected chi connectivity index (χ4v) is 5.26. The highest BCUT2D eigenvalue weighted by molar-refractivity contribution is 7.98. The van der Waals surface area contributed by atoms with Crippen LogP contribution in [0.3, 0.4) is 0 Å². The Morgan fingerprint density at radius 1 is 1.15 bits per heavy atom. The number of amides is 1. The van der Waals surface area contributed by atoms with E-state index in [1.165, 1.54) is 40.3 Å². The van der Waals surface area contributed by atoms with Gasteiger partial charge in [0.1, 0.15) is 5.82 Å². The summed E-state index contributed by atoms with van der Waals surface area (Å²) >= 11 is 1.45. The highest BCUT2D eigenvalue weighted by Crippen LogP contribution is 2.24. The second-order valence-electron chi connectivity index (χ2n) is 7.83. The molecule has 0 saturated heterocycles. The quantitative estimate of drug-likeness (QED) is 0.301. The molecule has 2 aromatic heterocycles. The molecule has 0 bridgehead atoms. The number of carbonyl (C=O) groups is 1. The van der Waals surface area contributed by atoms with Gasteiger partial charge < -0.3 is 10.6 Å². The monoisotopic (exact) mass is 505 g/mol. The van der Waals surface area contributed by atoms with Gasteiger partial charge in [0, 0.05) is 31.2 Å². The van der Waals surface area contributed by atoms with Crippen LogP contribution in [0.1, 0.15) is 38.1 Å². The van der Waals surface area contributed by atoms with Crippen molar-refractivity contribution in [3.05, 3.63) is 36.0 Å². The summed E-state index contributed by atoms with van der Waals surface area (Å²) in [4.78, 5) is 21.9. The molecular weight excluding hydrogens is 474 g/mol. The maximum atomic E-state index is 12.6. The number of aromatic nitrogens is 4. The van der Waals surface area contributed by atoms with Crippen LogP contribution in [0.5, 0.6) is 0 Å². The van der Waals surface area contributed by atoms with E-state index in [1.54, 1.807) is 24.7 Å². The lowest BCUT2D eigenvalue weighted by Gasteiger charge is -2.18. The molecule has 0 aliphatic rings. The molecule has 0 aliphatic heterocycles. The molecule has 34 heavy (non-hydrogen) atoms. The van der Waals surface area contributed by atoms with E-state index in [1.807, 2.05) is 20.1 Å². The van der Waals surface area contributed by atoms with Crippen LogP contribution in [0, 0.1) is 0 Å². The minimum absolute atomic E-state index is 0.172. The molecule has 3 aromatic rings. The number of benzene rings is 1. The zero-order valence-corrected chi connectivity index (χ0v) is 21.7. The van der Waals surface area contributed by atoms with Gasteiger partial charge in [0.15, 0.2) is 10.8 Å². The smallest absolute Gasteiger partial charge is 0.251 e. The van der Waals surface area contributed by atoms with E-state index in [9.17, 15) is 13.2 Å². The van der Waals surface area contributed by atoms with Crippen molar-refractivity contribution in [1.82, 2.24) is 29.4 Å². The van der Waals surface area contributed by atoms with Gasteiger partial charge >= 0.3 is 0 Å². The predicted molar refractivity (Wildman–Crippen MR) is 135 cm³/mol. The van der Waals surface area contributed by atoms with Crippen LogP contribution in [0.2, 0.25) is 0 Å². The summed E-state index contributed by atoms with van der Waals surface area (Å²) < 4.78 is 28.3. The Balaban J connectivity index is 1.68. The predicted octanol–water partition coefficient (Wildman–Crippen LogP) is 2.83. The molecule has 0 fully saturated rings. The average Bonchev–Trinajstić information content (AvgIpc) is 3.22. The molecule has 1 amide bonds. The van der Waals surface area contributed by atoms with Crippen LogP contribution in [0.4, 0.5) is 5.82 Å². The fraction of sp³-hybridized carbons (Fsp3) is 0.455. The lowest BCUT2D eigenvalue weighted by molar-refractivity contribution is 0.0952. The number of anilines is 1. The fourth-order valence-electron chi connectivity index (χ4n) is 3.44. The second kappa shape index (κ2) is 11.2. The summed E-state index contributed by atoms with van der Waals surface area (Å²) in [7, 11) is -3.56. The minimum atomic E-state index is -3.56. The first-order valence-electron chi connectivity index (χ1n) is 11.1. The number of nitrogens with one attached hydrogen (secondary N) is 2. The number of hydrogen-bond acceptors (Lipinski definition) is 8. The molecule has 3 rings (SSSR count). The van der Waals surface area contributed by atoms with Gasteiger partial charge in [0.05, 0.1) is 23.0 Å². The van der Waals surface area contributed by atoms with Gasteiger partial charge in [0.2, 0.25) is 10.0 Å². The standard InChI is InChI=1S/C22H31N7O3S2/c1-6-28(7-2)34(31,32)17-10-8-16(9-11-17)21(30)23-12-13-29-20-18(14-24-29)19(25-15(3)4)26-22(27-20)33-5/h8-11,14-15H,6-7,12-13H2,1-5H3,(H,23,30)(H,25,26,27). The normalized spacial score (nSPS) is 12.0. The highest BCUT2D eigenvalue weighted by atomic mass is 32.2. The van der Waals surface area contributed by atoms with Gasteiger partial charge in [-0.25, -0.2) is 23.1 Å². The van der Waals surface area contributed by atoms with Crippen molar-refractivity contribution in [2.45, 2.75) is 50.3 Å². The molecule has 0 unspecified atom stereocenters. The van der Waals surface area contributed by atoms with Crippen LogP contribution >= 0.6 is 11.8 Å². The number of fused-ring (bicyclic) bond motifs is 1. The summed E-state index contributed by atoms with van der Waals surface area (Å²) in [6, 6.07) is 6.19. The first-order valence-corrected chi connectivity index (χ1v) is 13.8. The maximum Gasteiger partial charge on any atom is 0.251 e. The van der Waals surface area contributed by atoms with Crippen molar-refractivity contribution in [3.63, 3.8) is 0 Å². The van der Waals surface area contributed by atoms with Crippen molar-refractivity contribution in [2.75, 3.05) is 31.2 Å². The molecular formula is C22H31N7O3S2. The van der Waals surface area contributed by atoms with E-state index >= 15 is 0 Å². The molecule has 0 atom stereocenters. The molecule has 0 spiro atoms. The van der Waals surface area contributed by atoms with Crippen LogP contribution < -0.4 is 10.6 Å². The van der Waals surface area contributed by atoms with Gasteiger partial charge in [-0.3, -0.25) is 4.79 Å². The van der Waals surface area contributed by atoms with Crippen LogP contribution in [0.15, 0.2) is 40.5 Å². The van der Waals surface area contributed by atoms with Crippen molar-refractivity contribution >= 4 is 44.5 Å². The van der Waals surface area contributed by atoms with E-state index in [4.69, 9.17) is 0 Å². The van der Waals surface area contributed by atoms with Gasteiger partial charge in [0.25, 0.3) is 5.91 Å². The van der Waals surface area contributed by atoms with E-state index in [0.29, 0.717) is 42.5 Å². The minimum Gasteiger partial charge on any atom is -0.367 e. The molecule has 0 aliphatic carbocycles. The second-order valence-corrected chi connectivity index (χ2v) is 10.5. The third-order valence-corrected chi connectivity index (χ3v) is 7.76. The average molecular weight is 506 g/mol. The Morgan fingerprint density at radius 2 is 1.82 bits per heavy atom. The summed E-state index contributed by atoms with van der Waals surface area (Å²) in [5.74, 6) is 0.448. The number of sulfonamides is 1. The number of thioether (sulfide) groups is 1. The molecule has 0 radical (unpaired) electrons. The van der Waals surface area contributed by atoms with E-state index in [0.717, 1.165) is 11.2 Å². The first kappa shape index (κ1) is 25.9. The van der Waals surface area contributed by atoms with Gasteiger partial charge in [-0.05, 0) is 44.4 Å². The first-order chi connectivity index (χ1) is 16.2. The summed E-state index contributed by atoms with van der Waals surface area (Å²) in [6.07, 6.45) is 3.64. The Labute approximate surface area is 204 Å². The lowest BCUT2D eigenvalue weighted by Crippen LogP contribution is -2.31. The molecule has 10 nitrogen and oxygen atoms in total. The molecule has 1 aromatic carbocycles. The van der Waals surface area contributed by atoms with E-state index in [-0.39, 0.29) is 16.8 Å². The van der Waals surface area contributed by atoms with E-state index in [2.05, 4.69) is 25.7 Å². The van der Waals surface area contributed by atoms with Gasteiger partial charge in [-0.1, -0.05) is 25.6 Å². The van der Waals surface area contributed by atoms with Crippen LogP contribution in [-0.2, 0) is 16.6 Å². The highest BCUT2D eigenvalue weighted by Gasteiger charge is 2.21. The summed E-state index contributed by atoms with van der Waals surface area (Å²) in [6.45, 7) is 9.21. The number of rotatable bonds is 11. The molecule has 184 valence electrons. The third-order valence-electron chi connectivity index (χ3n) is 5.15. The zero-order valence-electron chi connectivity index (χ0n) is 20.1. The zero-order chi connectivity index (χ0) is 24.9. The van der Waals surface area contributed by atoms with Crippen molar-refractivity contribution < 1.29 is 13.2 Å². The topological polar surface area (TPSA) is 122 Å². The molecule has 0 saturated carbocycles. The number of carbonyl (C=O) groups excluding carboxylic acids is 1. The van der Waals surface area contributed by atoms with Crippen molar-refractivity contribution in [1.29, 1.82) is 0 Å². The Hall–Kier alpha value is -2.70. The van der Waals surface area contributed by atoms with Crippen LogP contribution in [0.25, 0.3) is 11.0 Å². The third kappa shape index (κ3) is 5.68. The van der Waals surface area contributed by atoms with Crippen molar-refractivity contribution in [3.8, 4) is 0 Å². The van der Waals surface area contributed by atoms with E-state index < -0.39 is 10.0 Å². The Bertz CT molecular complexity index is 1240. The summed E-state index contributed by atoms with van der Waals surface area (Å²) in [5.41, 5.74) is 1.09. The lowest BCUT2D eigenvalue weighted by atomic mass is 10.2. The molecule has 12 heteroatoms. The van der Waals surface area contributed by atoms with Crippen molar-refractivity contribution in [2.24, 2.45) is 0 Å². The van der Waals surface area contributed by atoms with Gasteiger partial charge in [-0.2, -0.15) is 9.40 Å². The molecule has 2 N–H and O–H groups in total.